The van der Waals surface area contributed by atoms with E-state index in [1.807, 2.05) is 0 Å². The van der Waals surface area contributed by atoms with E-state index >= 15 is 0 Å². The van der Waals surface area contributed by atoms with Crippen molar-refractivity contribution in [3.63, 3.8) is 0 Å². The van der Waals surface area contributed by atoms with E-state index in [2.05, 4.69) is 48.7 Å². The number of furan rings is 1. The molecule has 2 aliphatic heterocycles. The Morgan fingerprint density at radius 1 is 1.14 bits per heavy atom. The molecule has 2 aliphatic rings. The SMILES string of the molecule is Cc1cc(CN2CC[C@@H]3[C@H]2CCN3CCN(C)C)oc1C. The summed E-state index contributed by atoms with van der Waals surface area (Å²) in [5.41, 5.74) is 1.28. The number of likely N-dealkylation sites (N-methyl/N-ethyl adjacent to an activating group) is 1. The quantitative estimate of drug-likeness (QED) is 0.829. The fourth-order valence-electron chi connectivity index (χ4n) is 3.89. The molecule has 0 aliphatic carbocycles. The summed E-state index contributed by atoms with van der Waals surface area (Å²) < 4.78 is 5.87. The fraction of sp³-hybridized carbons (Fsp3) is 0.765. The Bertz CT molecular complexity index is 463. The standard InChI is InChI=1S/C17H29N3O/c1-13-11-15(21-14(13)2)12-20-8-6-16-17(20)5-7-19(16)10-9-18(3)4/h11,16-17H,5-10,12H2,1-4H3/t16-,17-/m1/s1. The number of likely N-dealkylation sites (tertiary alicyclic amines) is 2. The highest BCUT2D eigenvalue weighted by atomic mass is 16.3. The Balaban J connectivity index is 1.58. The molecule has 0 spiro atoms. The number of rotatable bonds is 5. The molecule has 0 N–H and O–H groups in total. The molecule has 2 saturated heterocycles. The van der Waals surface area contributed by atoms with Gasteiger partial charge in [0.15, 0.2) is 0 Å². The predicted octanol–water partition coefficient (Wildman–Crippen LogP) is 2.11. The van der Waals surface area contributed by atoms with Crippen LogP contribution in [0.1, 0.15) is 29.9 Å². The Morgan fingerprint density at radius 2 is 1.81 bits per heavy atom. The molecule has 3 rings (SSSR count). The van der Waals surface area contributed by atoms with Crippen molar-refractivity contribution in [1.82, 2.24) is 14.7 Å². The second-order valence-electron chi connectivity index (χ2n) is 6.97. The molecule has 4 nitrogen and oxygen atoms in total. The second kappa shape index (κ2) is 6.11. The maximum Gasteiger partial charge on any atom is 0.118 e. The summed E-state index contributed by atoms with van der Waals surface area (Å²) in [5, 5.41) is 0. The van der Waals surface area contributed by atoms with E-state index in [4.69, 9.17) is 4.42 Å². The maximum atomic E-state index is 5.87. The summed E-state index contributed by atoms with van der Waals surface area (Å²) in [5.74, 6) is 2.21. The number of hydrogen-bond donors (Lipinski definition) is 0. The highest BCUT2D eigenvalue weighted by molar-refractivity contribution is 5.19. The molecule has 2 fully saturated rings. The second-order valence-corrected chi connectivity index (χ2v) is 6.97. The number of fused-ring (bicyclic) bond motifs is 1. The van der Waals surface area contributed by atoms with Crippen molar-refractivity contribution in [2.24, 2.45) is 0 Å². The van der Waals surface area contributed by atoms with Gasteiger partial charge in [-0.15, -0.1) is 0 Å². The van der Waals surface area contributed by atoms with Gasteiger partial charge in [-0.2, -0.15) is 0 Å². The van der Waals surface area contributed by atoms with Crippen LogP contribution in [-0.4, -0.2) is 67.1 Å². The number of hydrogen-bond acceptors (Lipinski definition) is 4. The van der Waals surface area contributed by atoms with Crippen LogP contribution >= 0.6 is 0 Å². The van der Waals surface area contributed by atoms with Gasteiger partial charge in [0.1, 0.15) is 11.5 Å². The Kier molecular flexibility index (Phi) is 4.38. The molecule has 0 saturated carbocycles. The highest BCUT2D eigenvalue weighted by Gasteiger charge is 2.42. The maximum absolute atomic E-state index is 5.87. The highest BCUT2D eigenvalue weighted by Crippen LogP contribution is 2.32. The zero-order valence-corrected chi connectivity index (χ0v) is 13.9. The van der Waals surface area contributed by atoms with Gasteiger partial charge in [0.25, 0.3) is 0 Å². The zero-order chi connectivity index (χ0) is 15.0. The lowest BCUT2D eigenvalue weighted by molar-refractivity contribution is 0.197. The Labute approximate surface area is 128 Å². The summed E-state index contributed by atoms with van der Waals surface area (Å²) >= 11 is 0. The number of nitrogens with zero attached hydrogens (tertiary/aromatic N) is 3. The summed E-state index contributed by atoms with van der Waals surface area (Å²) in [6, 6.07) is 3.71. The van der Waals surface area contributed by atoms with Gasteiger partial charge in [-0.05, 0) is 52.4 Å². The van der Waals surface area contributed by atoms with Crippen LogP contribution in [0.4, 0.5) is 0 Å². The van der Waals surface area contributed by atoms with E-state index in [1.165, 1.54) is 44.6 Å². The lowest BCUT2D eigenvalue weighted by atomic mass is 10.1. The van der Waals surface area contributed by atoms with E-state index < -0.39 is 0 Å². The van der Waals surface area contributed by atoms with Crippen LogP contribution in [0.25, 0.3) is 0 Å². The molecule has 0 radical (unpaired) electrons. The van der Waals surface area contributed by atoms with E-state index in [9.17, 15) is 0 Å². The third-order valence-electron chi connectivity index (χ3n) is 5.22. The van der Waals surface area contributed by atoms with Crippen LogP contribution in [0.5, 0.6) is 0 Å². The fourth-order valence-corrected chi connectivity index (χ4v) is 3.89. The smallest absolute Gasteiger partial charge is 0.118 e. The van der Waals surface area contributed by atoms with Crippen LogP contribution in [0.15, 0.2) is 10.5 Å². The minimum atomic E-state index is 0.734. The Hall–Kier alpha value is -0.840. The minimum Gasteiger partial charge on any atom is -0.465 e. The third-order valence-corrected chi connectivity index (χ3v) is 5.22. The summed E-state index contributed by atoms with van der Waals surface area (Å²) in [7, 11) is 4.33. The molecular formula is C17H29N3O. The third kappa shape index (κ3) is 3.17. The molecule has 1 aromatic heterocycles. The van der Waals surface area contributed by atoms with Crippen molar-refractivity contribution >= 4 is 0 Å². The molecule has 3 heterocycles. The number of aryl methyl sites for hydroxylation is 2. The van der Waals surface area contributed by atoms with Crippen LogP contribution < -0.4 is 0 Å². The molecule has 0 aromatic carbocycles. The lowest BCUT2D eigenvalue weighted by Gasteiger charge is -2.26. The van der Waals surface area contributed by atoms with E-state index in [0.717, 1.165) is 30.1 Å². The first kappa shape index (κ1) is 15.1. The van der Waals surface area contributed by atoms with Gasteiger partial charge >= 0.3 is 0 Å². The van der Waals surface area contributed by atoms with Crippen molar-refractivity contribution in [1.29, 1.82) is 0 Å². The molecule has 1 aromatic rings. The molecular weight excluding hydrogens is 262 g/mol. The van der Waals surface area contributed by atoms with Crippen molar-refractivity contribution in [2.75, 3.05) is 40.3 Å². The predicted molar refractivity (Wildman–Crippen MR) is 85.5 cm³/mol. The van der Waals surface area contributed by atoms with Gasteiger partial charge in [0.05, 0.1) is 6.54 Å². The summed E-state index contributed by atoms with van der Waals surface area (Å²) in [4.78, 5) is 7.62. The van der Waals surface area contributed by atoms with Gasteiger partial charge in [-0.3, -0.25) is 9.80 Å². The zero-order valence-electron chi connectivity index (χ0n) is 13.9. The molecule has 21 heavy (non-hydrogen) atoms. The van der Waals surface area contributed by atoms with Gasteiger partial charge in [0.2, 0.25) is 0 Å². The first-order valence-corrected chi connectivity index (χ1v) is 8.23. The van der Waals surface area contributed by atoms with E-state index in [0.29, 0.717) is 0 Å². The van der Waals surface area contributed by atoms with Crippen molar-refractivity contribution in [3.8, 4) is 0 Å². The molecule has 0 unspecified atom stereocenters. The van der Waals surface area contributed by atoms with Crippen LogP contribution in [0.3, 0.4) is 0 Å². The lowest BCUT2D eigenvalue weighted by Crippen LogP contribution is -2.39. The van der Waals surface area contributed by atoms with Crippen LogP contribution in [0.2, 0.25) is 0 Å². The van der Waals surface area contributed by atoms with Gasteiger partial charge in [-0.1, -0.05) is 0 Å². The van der Waals surface area contributed by atoms with Crippen LogP contribution in [0, 0.1) is 13.8 Å². The average molecular weight is 291 g/mol. The summed E-state index contributed by atoms with van der Waals surface area (Å²) in [6.45, 7) is 10.0. The normalized spacial score (nSPS) is 26.9. The first-order valence-electron chi connectivity index (χ1n) is 8.23. The first-order chi connectivity index (χ1) is 10.0. The van der Waals surface area contributed by atoms with E-state index in [1.54, 1.807) is 0 Å². The average Bonchev–Trinajstić information content (AvgIpc) is 3.06. The topological polar surface area (TPSA) is 22.9 Å². The van der Waals surface area contributed by atoms with Gasteiger partial charge < -0.3 is 9.32 Å². The molecule has 4 heteroatoms. The summed E-state index contributed by atoms with van der Waals surface area (Å²) in [6.07, 6.45) is 2.63. The van der Waals surface area contributed by atoms with Crippen LogP contribution in [-0.2, 0) is 6.54 Å². The molecule has 118 valence electrons. The van der Waals surface area contributed by atoms with Crippen molar-refractivity contribution in [3.05, 3.63) is 23.2 Å². The largest absolute Gasteiger partial charge is 0.465 e. The van der Waals surface area contributed by atoms with E-state index in [-0.39, 0.29) is 0 Å². The van der Waals surface area contributed by atoms with Gasteiger partial charge in [0, 0.05) is 38.3 Å². The minimum absolute atomic E-state index is 0.734. The Morgan fingerprint density at radius 3 is 2.43 bits per heavy atom. The molecule has 0 bridgehead atoms. The monoisotopic (exact) mass is 291 g/mol. The molecule has 2 atom stereocenters. The van der Waals surface area contributed by atoms with Gasteiger partial charge in [-0.25, -0.2) is 0 Å². The van der Waals surface area contributed by atoms with Crippen molar-refractivity contribution in [2.45, 2.75) is 45.3 Å². The van der Waals surface area contributed by atoms with Crippen molar-refractivity contribution < 1.29 is 4.42 Å². The molecule has 0 amide bonds.